The molecule has 0 unspecified atom stereocenters. The largest absolute Gasteiger partial charge is 0.382 e. The quantitative estimate of drug-likeness (QED) is 0.298. The van der Waals surface area contributed by atoms with E-state index < -0.39 is 30.7 Å². The minimum absolute atomic E-state index is 0.00366. The number of rotatable bonds is 8. The molecule has 1 fully saturated rings. The van der Waals surface area contributed by atoms with E-state index in [0.717, 1.165) is 28.2 Å². The fourth-order valence-corrected chi connectivity index (χ4v) is 9.64. The number of primary amides is 1. The van der Waals surface area contributed by atoms with Gasteiger partial charge in [-0.15, -0.1) is 11.3 Å². The minimum Gasteiger partial charge on any atom is -0.382 e. The summed E-state index contributed by atoms with van der Waals surface area (Å²) in [6, 6.07) is 12.8. The number of nitro groups is 1. The van der Waals surface area contributed by atoms with Gasteiger partial charge in [0.15, 0.2) is 9.84 Å². The number of carbonyl (C=O) groups excluding carboxylic acids is 1. The number of benzene rings is 2. The van der Waals surface area contributed by atoms with Crippen molar-refractivity contribution in [3.05, 3.63) is 85.8 Å². The number of sulfonamides is 1. The van der Waals surface area contributed by atoms with Crippen LogP contribution in [0.5, 0.6) is 0 Å². The lowest BCUT2D eigenvalue weighted by Crippen LogP contribution is -2.42. The highest BCUT2D eigenvalue weighted by atomic mass is 32.2. The number of nitro benzene ring substituents is 1. The number of fused-ring (bicyclic) bond motifs is 1. The molecule has 0 bridgehead atoms. The number of anilines is 1. The van der Waals surface area contributed by atoms with Crippen LogP contribution in [-0.4, -0.2) is 51.1 Å². The van der Waals surface area contributed by atoms with Gasteiger partial charge in [-0.1, -0.05) is 12.1 Å². The molecule has 11 nitrogen and oxygen atoms in total. The maximum Gasteiger partial charge on any atom is 0.273 e. The number of hydrogen-bond acceptors (Lipinski definition) is 9. The molecule has 2 aliphatic heterocycles. The molecule has 2 aliphatic rings. The zero-order valence-corrected chi connectivity index (χ0v) is 23.1. The van der Waals surface area contributed by atoms with Crippen LogP contribution in [0.25, 0.3) is 0 Å². The summed E-state index contributed by atoms with van der Waals surface area (Å²) in [6.45, 7) is 0.616. The zero-order valence-electron chi connectivity index (χ0n) is 20.7. The Labute approximate surface area is 229 Å². The molecule has 1 saturated heterocycles. The average molecular weight is 591 g/mol. The van der Waals surface area contributed by atoms with Crippen molar-refractivity contribution in [2.24, 2.45) is 5.73 Å². The normalized spacial score (nSPS) is 17.5. The molecular weight excluding hydrogens is 564 g/mol. The monoisotopic (exact) mass is 590 g/mol. The van der Waals surface area contributed by atoms with Crippen molar-refractivity contribution < 1.29 is 26.6 Å². The topological polar surface area (TPSA) is 170 Å². The van der Waals surface area contributed by atoms with Gasteiger partial charge in [-0.2, -0.15) is 4.31 Å². The van der Waals surface area contributed by atoms with Crippen molar-refractivity contribution in [2.45, 2.75) is 41.0 Å². The SMILES string of the molecule is NC(=O)c1cccc([N+](=O)[O-])c1Cc1ccc(S(=O)(=O)N2CCC(Nc3ccc4c(c3)CS(=O)(=O)C4)CC2)s1. The molecule has 0 atom stereocenters. The summed E-state index contributed by atoms with van der Waals surface area (Å²) in [5.41, 5.74) is 7.79. The number of piperidine rings is 1. The number of nitrogens with one attached hydrogen (secondary N) is 1. The lowest BCUT2D eigenvalue weighted by atomic mass is 10.0. The molecule has 0 saturated carbocycles. The highest BCUT2D eigenvalue weighted by Gasteiger charge is 2.31. The van der Waals surface area contributed by atoms with Crippen molar-refractivity contribution in [3.63, 3.8) is 0 Å². The molecule has 14 heteroatoms. The molecule has 3 heterocycles. The lowest BCUT2D eigenvalue weighted by Gasteiger charge is -2.31. The second-order valence-corrected chi connectivity index (χ2v) is 15.1. The van der Waals surface area contributed by atoms with E-state index >= 15 is 0 Å². The molecule has 3 aromatic rings. The van der Waals surface area contributed by atoms with Gasteiger partial charge in [-0.25, -0.2) is 16.8 Å². The van der Waals surface area contributed by atoms with E-state index in [-0.39, 0.29) is 45.0 Å². The first kappa shape index (κ1) is 27.2. The fraction of sp³-hybridized carbons (Fsp3) is 0.320. The van der Waals surface area contributed by atoms with Gasteiger partial charge in [0.25, 0.3) is 15.7 Å². The van der Waals surface area contributed by atoms with Gasteiger partial charge in [0.2, 0.25) is 5.91 Å². The molecule has 5 rings (SSSR count). The van der Waals surface area contributed by atoms with Gasteiger partial charge in [0.05, 0.1) is 16.4 Å². The highest BCUT2D eigenvalue weighted by Crippen LogP contribution is 2.33. The van der Waals surface area contributed by atoms with Crippen LogP contribution in [0.1, 0.15) is 44.8 Å². The van der Waals surface area contributed by atoms with Crippen LogP contribution in [-0.2, 0) is 37.8 Å². The number of carbonyl (C=O) groups is 1. The number of hydrogen-bond donors (Lipinski definition) is 2. The summed E-state index contributed by atoms with van der Waals surface area (Å²) in [4.78, 5) is 23.3. The van der Waals surface area contributed by atoms with Crippen LogP contribution in [0.4, 0.5) is 11.4 Å². The maximum atomic E-state index is 13.3. The van der Waals surface area contributed by atoms with Crippen molar-refractivity contribution in [3.8, 4) is 0 Å². The molecule has 39 heavy (non-hydrogen) atoms. The van der Waals surface area contributed by atoms with E-state index in [4.69, 9.17) is 5.73 Å². The molecule has 1 aromatic heterocycles. The number of nitrogens with two attached hydrogens (primary N) is 1. The maximum absolute atomic E-state index is 13.3. The molecule has 2 aromatic carbocycles. The van der Waals surface area contributed by atoms with E-state index in [1.54, 1.807) is 6.07 Å². The first-order chi connectivity index (χ1) is 18.4. The standard InChI is InChI=1S/C25H26N4O7S3/c26-25(30)21-2-1-3-23(29(31)32)22(21)13-20-6-7-24(37-20)39(35,36)28-10-8-18(9-11-28)27-19-5-4-16-14-38(33,34)15-17(16)12-19/h1-7,12,18,27H,8-11,13-15H2,(H2,26,30). The summed E-state index contributed by atoms with van der Waals surface area (Å²) < 4.78 is 52.0. The minimum atomic E-state index is -3.77. The van der Waals surface area contributed by atoms with Crippen LogP contribution in [0.15, 0.2) is 52.7 Å². The van der Waals surface area contributed by atoms with E-state index in [1.165, 1.54) is 28.6 Å². The Balaban J connectivity index is 1.25. The van der Waals surface area contributed by atoms with Crippen molar-refractivity contribution in [1.29, 1.82) is 0 Å². The Morgan fingerprint density at radius 2 is 1.82 bits per heavy atom. The molecule has 0 aliphatic carbocycles. The van der Waals surface area contributed by atoms with Crippen molar-refractivity contribution in [2.75, 3.05) is 18.4 Å². The van der Waals surface area contributed by atoms with Crippen LogP contribution in [0.2, 0.25) is 0 Å². The molecule has 206 valence electrons. The van der Waals surface area contributed by atoms with E-state index in [0.29, 0.717) is 30.8 Å². The number of thiophene rings is 1. The first-order valence-electron chi connectivity index (χ1n) is 12.2. The summed E-state index contributed by atoms with van der Waals surface area (Å²) >= 11 is 1.01. The van der Waals surface area contributed by atoms with Crippen LogP contribution in [0.3, 0.4) is 0 Å². The molecule has 1 amide bonds. The van der Waals surface area contributed by atoms with Crippen LogP contribution >= 0.6 is 11.3 Å². The van der Waals surface area contributed by atoms with Crippen molar-refractivity contribution in [1.82, 2.24) is 4.31 Å². The van der Waals surface area contributed by atoms with E-state index in [1.807, 2.05) is 18.2 Å². The van der Waals surface area contributed by atoms with Gasteiger partial charge >= 0.3 is 0 Å². The number of sulfone groups is 1. The summed E-state index contributed by atoms with van der Waals surface area (Å²) in [5, 5.41) is 14.9. The average Bonchev–Trinajstić information content (AvgIpc) is 3.47. The first-order valence-corrected chi connectivity index (χ1v) is 16.2. The second kappa shape index (κ2) is 10.3. The Morgan fingerprint density at radius 1 is 1.10 bits per heavy atom. The second-order valence-electron chi connectivity index (χ2n) is 9.66. The lowest BCUT2D eigenvalue weighted by molar-refractivity contribution is -0.385. The van der Waals surface area contributed by atoms with Gasteiger partial charge in [-0.05, 0) is 54.3 Å². The Morgan fingerprint density at radius 3 is 2.51 bits per heavy atom. The highest BCUT2D eigenvalue weighted by molar-refractivity contribution is 7.91. The predicted molar refractivity (Wildman–Crippen MR) is 147 cm³/mol. The predicted octanol–water partition coefficient (Wildman–Crippen LogP) is 3.04. The van der Waals surface area contributed by atoms with Gasteiger partial charge in [-0.3, -0.25) is 14.9 Å². The van der Waals surface area contributed by atoms with E-state index in [2.05, 4.69) is 5.32 Å². The van der Waals surface area contributed by atoms with Gasteiger partial charge in [0.1, 0.15) is 4.21 Å². The molecular formula is C25H26N4O7S3. The fourth-order valence-electron chi connectivity index (χ4n) is 5.05. The molecule has 0 radical (unpaired) electrons. The van der Waals surface area contributed by atoms with E-state index in [9.17, 15) is 31.7 Å². The smallest absolute Gasteiger partial charge is 0.273 e. The Kier molecular flexibility index (Phi) is 7.22. The Bertz CT molecular complexity index is 1640. The third-order valence-corrected chi connectivity index (χ3v) is 11.9. The van der Waals surface area contributed by atoms with Gasteiger partial charge < -0.3 is 11.1 Å². The summed E-state index contributed by atoms with van der Waals surface area (Å²) in [6.07, 6.45) is 1.15. The Hall–Kier alpha value is -3.33. The summed E-state index contributed by atoms with van der Waals surface area (Å²) in [7, 11) is -6.86. The zero-order chi connectivity index (χ0) is 27.9. The van der Waals surface area contributed by atoms with Crippen LogP contribution in [0, 0.1) is 10.1 Å². The molecule has 3 N–H and O–H groups in total. The third-order valence-electron chi connectivity index (χ3n) is 6.98. The van der Waals surface area contributed by atoms with Crippen LogP contribution < -0.4 is 11.1 Å². The van der Waals surface area contributed by atoms with Gasteiger partial charge in [0, 0.05) is 53.3 Å². The van der Waals surface area contributed by atoms with Crippen molar-refractivity contribution >= 4 is 48.5 Å². The number of amides is 1. The molecule has 0 spiro atoms. The summed E-state index contributed by atoms with van der Waals surface area (Å²) in [5.74, 6) is -0.684. The number of nitrogens with zero attached hydrogens (tertiary/aromatic N) is 2. The third kappa shape index (κ3) is 5.69.